The molecule has 1 aromatic carbocycles. The molecule has 3 nitrogen and oxygen atoms in total. The molecule has 3 fully saturated rings. The van der Waals surface area contributed by atoms with Gasteiger partial charge >= 0.3 is 0 Å². The van der Waals surface area contributed by atoms with E-state index in [0.717, 1.165) is 19.4 Å². The number of amides is 1. The van der Waals surface area contributed by atoms with Gasteiger partial charge < -0.3 is 4.90 Å². The normalized spacial score (nSPS) is 43.1. The average molecular weight is 280 g/mol. The molecular weight excluding hydrogens is 260 g/mol. The molecule has 108 valence electrons. The van der Waals surface area contributed by atoms with Crippen molar-refractivity contribution >= 4 is 5.91 Å². The van der Waals surface area contributed by atoms with Gasteiger partial charge in [0.05, 0.1) is 6.07 Å². The standard InChI is InChI=1S/C18H20N2O/c1-16-12-20(15(21)13-6-4-3-5-7-13)18(11-19)10-14(16)8-9-17(16,18)2/h3-7,14H,8-10,12H2,1-2H3/t14-,16-,17+,18-/m1/s1. The van der Waals surface area contributed by atoms with E-state index in [1.807, 2.05) is 35.2 Å². The number of carbonyl (C=O) groups excluding carboxylic acids is 1. The van der Waals surface area contributed by atoms with Gasteiger partial charge in [-0.25, -0.2) is 0 Å². The van der Waals surface area contributed by atoms with E-state index in [-0.39, 0.29) is 16.7 Å². The molecule has 4 atom stereocenters. The van der Waals surface area contributed by atoms with E-state index in [2.05, 4.69) is 19.9 Å². The van der Waals surface area contributed by atoms with Crippen molar-refractivity contribution in [2.24, 2.45) is 16.7 Å². The molecule has 3 aliphatic rings. The highest BCUT2D eigenvalue weighted by Gasteiger charge is 2.78. The molecule has 2 saturated carbocycles. The third-order valence-electron chi connectivity index (χ3n) is 7.01. The lowest BCUT2D eigenvalue weighted by molar-refractivity contribution is 0.0430. The number of likely N-dealkylation sites (tertiary alicyclic amines) is 1. The van der Waals surface area contributed by atoms with Crippen LogP contribution in [0.5, 0.6) is 0 Å². The van der Waals surface area contributed by atoms with Crippen LogP contribution in [0, 0.1) is 28.1 Å². The average Bonchev–Trinajstić information content (AvgIpc) is 2.96. The summed E-state index contributed by atoms with van der Waals surface area (Å²) in [4.78, 5) is 14.8. The number of rotatable bonds is 1. The van der Waals surface area contributed by atoms with Gasteiger partial charge in [-0.3, -0.25) is 4.79 Å². The van der Waals surface area contributed by atoms with Gasteiger partial charge in [-0.1, -0.05) is 32.0 Å². The van der Waals surface area contributed by atoms with Crippen LogP contribution in [0.3, 0.4) is 0 Å². The van der Waals surface area contributed by atoms with E-state index in [1.54, 1.807) is 0 Å². The second-order valence-corrected chi connectivity index (χ2v) is 7.42. The third kappa shape index (κ3) is 1.19. The summed E-state index contributed by atoms with van der Waals surface area (Å²) in [5, 5.41) is 9.97. The fourth-order valence-corrected chi connectivity index (χ4v) is 5.49. The summed E-state index contributed by atoms with van der Waals surface area (Å²) in [7, 11) is 0. The summed E-state index contributed by atoms with van der Waals surface area (Å²) >= 11 is 0. The van der Waals surface area contributed by atoms with Crippen molar-refractivity contribution in [2.75, 3.05) is 6.54 Å². The molecule has 21 heavy (non-hydrogen) atoms. The fraction of sp³-hybridized carbons (Fsp3) is 0.556. The van der Waals surface area contributed by atoms with Crippen molar-refractivity contribution in [3.8, 4) is 6.07 Å². The zero-order valence-electron chi connectivity index (χ0n) is 12.6. The SMILES string of the molecule is C[C@@]12CC[C@@H]3C[C@]1(C#N)N(C(=O)c1ccccc1)C[C@]32C. The molecule has 4 rings (SSSR count). The molecule has 1 aromatic rings. The Balaban J connectivity index is 1.80. The Morgan fingerprint density at radius 1 is 1.33 bits per heavy atom. The third-order valence-corrected chi connectivity index (χ3v) is 7.01. The van der Waals surface area contributed by atoms with E-state index in [1.165, 1.54) is 6.42 Å². The first kappa shape index (κ1) is 12.9. The Hall–Kier alpha value is -1.82. The zero-order valence-corrected chi connectivity index (χ0v) is 12.6. The van der Waals surface area contributed by atoms with E-state index in [9.17, 15) is 10.1 Å². The summed E-state index contributed by atoms with van der Waals surface area (Å²) in [6.07, 6.45) is 3.14. The minimum atomic E-state index is -0.600. The molecule has 1 aliphatic heterocycles. The van der Waals surface area contributed by atoms with Crippen LogP contribution in [0.2, 0.25) is 0 Å². The van der Waals surface area contributed by atoms with Crippen molar-refractivity contribution in [1.82, 2.24) is 4.90 Å². The maximum Gasteiger partial charge on any atom is 0.255 e. The Labute approximate surface area is 125 Å². The molecule has 3 heteroatoms. The molecule has 0 spiro atoms. The fourth-order valence-electron chi connectivity index (χ4n) is 5.49. The number of nitrogens with zero attached hydrogens (tertiary/aromatic N) is 2. The van der Waals surface area contributed by atoms with Gasteiger partial charge in [0.25, 0.3) is 5.91 Å². The maximum absolute atomic E-state index is 12.9. The van der Waals surface area contributed by atoms with Gasteiger partial charge in [0.15, 0.2) is 0 Å². The number of nitriles is 1. The quantitative estimate of drug-likeness (QED) is 0.792. The number of hydrogen-bond acceptors (Lipinski definition) is 2. The van der Waals surface area contributed by atoms with Crippen LogP contribution in [0.25, 0.3) is 0 Å². The summed E-state index contributed by atoms with van der Waals surface area (Å²) in [6, 6.07) is 12.0. The topological polar surface area (TPSA) is 44.1 Å². The molecular formula is C18H20N2O. The molecule has 0 N–H and O–H groups in total. The first-order valence-electron chi connectivity index (χ1n) is 7.77. The molecule has 0 radical (unpaired) electrons. The van der Waals surface area contributed by atoms with Crippen LogP contribution in [-0.2, 0) is 0 Å². The number of piperidine rings is 1. The van der Waals surface area contributed by atoms with Crippen LogP contribution in [0.4, 0.5) is 0 Å². The summed E-state index contributed by atoms with van der Waals surface area (Å²) in [5.74, 6) is 0.620. The Morgan fingerprint density at radius 2 is 2.05 bits per heavy atom. The first-order valence-corrected chi connectivity index (χ1v) is 7.77. The lowest BCUT2D eigenvalue weighted by atomic mass is 9.66. The smallest absolute Gasteiger partial charge is 0.255 e. The van der Waals surface area contributed by atoms with Crippen LogP contribution in [-0.4, -0.2) is 22.9 Å². The van der Waals surface area contributed by atoms with Crippen LogP contribution < -0.4 is 0 Å². The molecule has 2 aliphatic carbocycles. The minimum absolute atomic E-state index is 0.0208. The van der Waals surface area contributed by atoms with Crippen molar-refractivity contribution in [3.05, 3.63) is 35.9 Å². The summed E-state index contributed by atoms with van der Waals surface area (Å²) < 4.78 is 0. The van der Waals surface area contributed by atoms with Gasteiger partial charge in [-0.2, -0.15) is 5.26 Å². The van der Waals surface area contributed by atoms with Crippen LogP contribution >= 0.6 is 0 Å². The van der Waals surface area contributed by atoms with Crippen molar-refractivity contribution < 1.29 is 4.79 Å². The molecule has 4 bridgehead atoms. The molecule has 0 aromatic heterocycles. The Bertz CT molecular complexity index is 664. The van der Waals surface area contributed by atoms with Crippen molar-refractivity contribution in [2.45, 2.75) is 38.6 Å². The van der Waals surface area contributed by atoms with E-state index < -0.39 is 5.54 Å². The Morgan fingerprint density at radius 3 is 2.67 bits per heavy atom. The van der Waals surface area contributed by atoms with Crippen LogP contribution in [0.1, 0.15) is 43.5 Å². The van der Waals surface area contributed by atoms with E-state index >= 15 is 0 Å². The summed E-state index contributed by atoms with van der Waals surface area (Å²) in [6.45, 7) is 5.26. The van der Waals surface area contributed by atoms with Gasteiger partial charge in [0, 0.05) is 17.5 Å². The lowest BCUT2D eigenvalue weighted by Gasteiger charge is -2.43. The highest BCUT2D eigenvalue weighted by Crippen LogP contribution is 2.75. The Kier molecular flexibility index (Phi) is 2.26. The minimum Gasteiger partial charge on any atom is -0.319 e. The van der Waals surface area contributed by atoms with E-state index in [4.69, 9.17) is 0 Å². The van der Waals surface area contributed by atoms with Gasteiger partial charge in [-0.15, -0.1) is 0 Å². The number of carbonyl (C=O) groups is 1. The summed E-state index contributed by atoms with van der Waals surface area (Å²) in [5.41, 5.74) is 0.150. The van der Waals surface area contributed by atoms with E-state index in [0.29, 0.717) is 11.5 Å². The zero-order chi connectivity index (χ0) is 14.9. The predicted octanol–water partition coefficient (Wildman–Crippen LogP) is 3.23. The largest absolute Gasteiger partial charge is 0.319 e. The monoisotopic (exact) mass is 280 g/mol. The van der Waals surface area contributed by atoms with Gasteiger partial charge in [0.2, 0.25) is 0 Å². The maximum atomic E-state index is 12.9. The number of benzene rings is 1. The van der Waals surface area contributed by atoms with Gasteiger partial charge in [-0.05, 0) is 42.7 Å². The molecule has 1 heterocycles. The molecule has 1 amide bonds. The van der Waals surface area contributed by atoms with Gasteiger partial charge in [0.1, 0.15) is 5.54 Å². The number of hydrogen-bond donors (Lipinski definition) is 0. The molecule has 0 unspecified atom stereocenters. The second-order valence-electron chi connectivity index (χ2n) is 7.42. The lowest BCUT2D eigenvalue weighted by Crippen LogP contribution is -2.54. The molecule has 1 saturated heterocycles. The highest BCUT2D eigenvalue weighted by molar-refractivity contribution is 5.95. The highest BCUT2D eigenvalue weighted by atomic mass is 16.2. The van der Waals surface area contributed by atoms with Crippen molar-refractivity contribution in [3.63, 3.8) is 0 Å². The first-order chi connectivity index (χ1) is 9.98. The van der Waals surface area contributed by atoms with Crippen LogP contribution in [0.15, 0.2) is 30.3 Å². The van der Waals surface area contributed by atoms with Crippen molar-refractivity contribution in [1.29, 1.82) is 5.26 Å². The predicted molar refractivity (Wildman–Crippen MR) is 79.4 cm³/mol. The second kappa shape index (κ2) is 3.68.